The van der Waals surface area contributed by atoms with Crippen LogP contribution in [0.15, 0.2) is 11.5 Å². The first-order chi connectivity index (χ1) is 4.62. The Hall–Kier alpha value is -0.350. The molecule has 0 amide bonds. The minimum Gasteiger partial charge on any atom is -0.330 e. The van der Waals surface area contributed by atoms with Gasteiger partial charge >= 0.3 is 0 Å². The molecule has 3 nitrogen and oxygen atoms in total. The molecule has 2 N–H and O–H groups in total. The van der Waals surface area contributed by atoms with Crippen LogP contribution in [0.2, 0.25) is 0 Å². The van der Waals surface area contributed by atoms with E-state index in [2.05, 4.69) is 0 Å². The Kier molecular flexibility index (Phi) is 4.31. The van der Waals surface area contributed by atoms with Crippen LogP contribution in [0, 0.1) is 0 Å². The van der Waals surface area contributed by atoms with Crippen molar-refractivity contribution in [2.75, 3.05) is 12.3 Å². The molecule has 0 aromatic carbocycles. The van der Waals surface area contributed by atoms with Gasteiger partial charge < -0.3 is 5.73 Å². The van der Waals surface area contributed by atoms with E-state index >= 15 is 0 Å². The van der Waals surface area contributed by atoms with Gasteiger partial charge in [0.05, 0.1) is 5.75 Å². The van der Waals surface area contributed by atoms with E-state index in [1.165, 1.54) is 5.41 Å². The maximum Gasteiger partial charge on any atom is 0.171 e. The van der Waals surface area contributed by atoms with Crippen molar-refractivity contribution in [3.63, 3.8) is 0 Å². The van der Waals surface area contributed by atoms with E-state index in [4.69, 9.17) is 5.73 Å². The number of hydrogen-bond donors (Lipinski definition) is 1. The summed E-state index contributed by atoms with van der Waals surface area (Å²) in [6, 6.07) is 0. The van der Waals surface area contributed by atoms with Gasteiger partial charge in [-0.05, 0) is 13.0 Å². The predicted octanol–water partition coefficient (Wildman–Crippen LogP) is 0.284. The van der Waals surface area contributed by atoms with Crippen LogP contribution in [0.1, 0.15) is 13.3 Å². The maximum atomic E-state index is 10.7. The van der Waals surface area contributed by atoms with Crippen LogP contribution in [-0.4, -0.2) is 20.7 Å². The van der Waals surface area contributed by atoms with Gasteiger partial charge in [-0.2, -0.15) is 0 Å². The Morgan fingerprint density at radius 3 is 2.50 bits per heavy atom. The Balaban J connectivity index is 3.89. The fraction of sp³-hybridized carbons (Fsp3) is 0.667. The molecule has 0 bridgehead atoms. The standard InChI is InChI=1S/C6H13NO2S/c1-2-10(8,9)6-4-3-5-7/h4,6H,2-3,5,7H2,1H3. The molecule has 0 fully saturated rings. The molecule has 0 aliphatic rings. The zero-order valence-electron chi connectivity index (χ0n) is 6.08. The van der Waals surface area contributed by atoms with E-state index in [0.29, 0.717) is 13.0 Å². The first-order valence-electron chi connectivity index (χ1n) is 3.21. The van der Waals surface area contributed by atoms with Gasteiger partial charge in [0.15, 0.2) is 9.84 Å². The Morgan fingerprint density at radius 1 is 1.50 bits per heavy atom. The molecule has 0 rings (SSSR count). The Labute approximate surface area is 61.8 Å². The molecular weight excluding hydrogens is 150 g/mol. The average Bonchev–Trinajstić information content (AvgIpc) is 1.89. The van der Waals surface area contributed by atoms with Crippen LogP contribution in [0.5, 0.6) is 0 Å². The van der Waals surface area contributed by atoms with Crippen LogP contribution >= 0.6 is 0 Å². The lowest BCUT2D eigenvalue weighted by molar-refractivity contribution is 0.605. The molecule has 0 aromatic heterocycles. The van der Waals surface area contributed by atoms with Crippen molar-refractivity contribution in [1.29, 1.82) is 0 Å². The largest absolute Gasteiger partial charge is 0.330 e. The van der Waals surface area contributed by atoms with Crippen LogP contribution in [0.4, 0.5) is 0 Å². The summed E-state index contributed by atoms with van der Waals surface area (Å²) in [5, 5.41) is 1.22. The van der Waals surface area contributed by atoms with Gasteiger partial charge in [0.1, 0.15) is 0 Å². The zero-order valence-corrected chi connectivity index (χ0v) is 6.89. The van der Waals surface area contributed by atoms with E-state index in [1.54, 1.807) is 13.0 Å². The molecule has 0 radical (unpaired) electrons. The van der Waals surface area contributed by atoms with Crippen molar-refractivity contribution in [1.82, 2.24) is 0 Å². The Morgan fingerprint density at radius 2 is 2.10 bits per heavy atom. The van der Waals surface area contributed by atoms with Gasteiger partial charge in [-0.1, -0.05) is 13.0 Å². The third-order valence-corrected chi connectivity index (χ3v) is 2.45. The highest BCUT2D eigenvalue weighted by molar-refractivity contribution is 7.94. The molecule has 0 saturated heterocycles. The van der Waals surface area contributed by atoms with Gasteiger partial charge in [0.2, 0.25) is 0 Å². The summed E-state index contributed by atoms with van der Waals surface area (Å²) < 4.78 is 21.5. The molecule has 0 aliphatic heterocycles. The maximum absolute atomic E-state index is 10.7. The van der Waals surface area contributed by atoms with E-state index in [1.807, 2.05) is 0 Å². The first-order valence-corrected chi connectivity index (χ1v) is 4.93. The molecule has 0 atom stereocenters. The summed E-state index contributed by atoms with van der Waals surface area (Å²) in [6.07, 6.45) is 2.21. The summed E-state index contributed by atoms with van der Waals surface area (Å²) in [7, 11) is -2.93. The highest BCUT2D eigenvalue weighted by Gasteiger charge is 1.97. The molecule has 0 spiro atoms. The van der Waals surface area contributed by atoms with E-state index in [-0.39, 0.29) is 5.75 Å². The van der Waals surface area contributed by atoms with Crippen LogP contribution in [0.3, 0.4) is 0 Å². The van der Waals surface area contributed by atoms with Crippen LogP contribution in [0.25, 0.3) is 0 Å². The van der Waals surface area contributed by atoms with E-state index < -0.39 is 9.84 Å². The molecule has 10 heavy (non-hydrogen) atoms. The third-order valence-electron chi connectivity index (χ3n) is 1.04. The molecule has 0 aliphatic carbocycles. The fourth-order valence-corrected chi connectivity index (χ4v) is 1.03. The highest BCUT2D eigenvalue weighted by Crippen LogP contribution is 1.92. The van der Waals surface area contributed by atoms with Crippen molar-refractivity contribution < 1.29 is 8.42 Å². The molecule has 60 valence electrons. The second-order valence-corrected chi connectivity index (χ2v) is 4.08. The lowest BCUT2D eigenvalue weighted by Gasteiger charge is -1.89. The quantitative estimate of drug-likeness (QED) is 0.647. The second kappa shape index (κ2) is 4.46. The minimum absolute atomic E-state index is 0.161. The molecule has 0 aromatic rings. The number of nitrogens with two attached hydrogens (primary N) is 1. The summed E-state index contributed by atoms with van der Waals surface area (Å²) in [4.78, 5) is 0. The summed E-state index contributed by atoms with van der Waals surface area (Å²) in [6.45, 7) is 2.11. The van der Waals surface area contributed by atoms with Crippen molar-refractivity contribution in [2.45, 2.75) is 13.3 Å². The lowest BCUT2D eigenvalue weighted by Crippen LogP contribution is -1.99. The van der Waals surface area contributed by atoms with Crippen molar-refractivity contribution in [3.05, 3.63) is 11.5 Å². The third kappa shape index (κ3) is 4.52. The summed E-state index contributed by atoms with van der Waals surface area (Å²) in [5.41, 5.74) is 5.15. The normalized spacial score (nSPS) is 12.6. The van der Waals surface area contributed by atoms with Crippen LogP contribution < -0.4 is 5.73 Å². The molecule has 0 saturated carbocycles. The van der Waals surface area contributed by atoms with Crippen LogP contribution in [-0.2, 0) is 9.84 Å². The van der Waals surface area contributed by atoms with E-state index in [0.717, 1.165) is 0 Å². The summed E-state index contributed by atoms with van der Waals surface area (Å²) >= 11 is 0. The first kappa shape index (κ1) is 9.65. The summed E-state index contributed by atoms with van der Waals surface area (Å²) in [5.74, 6) is 0.161. The van der Waals surface area contributed by atoms with E-state index in [9.17, 15) is 8.42 Å². The molecular formula is C6H13NO2S. The predicted molar refractivity (Wildman–Crippen MR) is 42.3 cm³/mol. The van der Waals surface area contributed by atoms with Gasteiger partial charge in [-0.25, -0.2) is 8.42 Å². The minimum atomic E-state index is -2.93. The second-order valence-electron chi connectivity index (χ2n) is 1.90. The van der Waals surface area contributed by atoms with Gasteiger partial charge in [0.25, 0.3) is 0 Å². The average molecular weight is 163 g/mol. The number of rotatable bonds is 4. The smallest absolute Gasteiger partial charge is 0.171 e. The van der Waals surface area contributed by atoms with Gasteiger partial charge in [-0.3, -0.25) is 0 Å². The van der Waals surface area contributed by atoms with Gasteiger partial charge in [-0.15, -0.1) is 0 Å². The topological polar surface area (TPSA) is 60.2 Å². The Bertz CT molecular complexity index is 194. The number of hydrogen-bond acceptors (Lipinski definition) is 3. The molecule has 0 heterocycles. The zero-order chi connectivity index (χ0) is 8.04. The fourth-order valence-electron chi connectivity index (χ4n) is 0.407. The molecule has 4 heteroatoms. The SMILES string of the molecule is CCS(=O)(=O)C=CCCN. The van der Waals surface area contributed by atoms with Crippen molar-refractivity contribution in [2.24, 2.45) is 5.73 Å². The van der Waals surface area contributed by atoms with Gasteiger partial charge in [0, 0.05) is 5.41 Å². The van der Waals surface area contributed by atoms with Crippen molar-refractivity contribution in [3.8, 4) is 0 Å². The molecule has 0 unspecified atom stereocenters. The number of sulfone groups is 1. The highest BCUT2D eigenvalue weighted by atomic mass is 32.2. The monoisotopic (exact) mass is 163 g/mol. The van der Waals surface area contributed by atoms with Crippen molar-refractivity contribution >= 4 is 9.84 Å². The lowest BCUT2D eigenvalue weighted by atomic mass is 10.4.